The van der Waals surface area contributed by atoms with Crippen molar-refractivity contribution in [3.63, 3.8) is 0 Å². The lowest BCUT2D eigenvalue weighted by Gasteiger charge is -2.15. The fourth-order valence-electron chi connectivity index (χ4n) is 2.95. The standard InChI is InChI=1S/C21H23N2/c1-14-10-16(3)20(17(4)11-14)19-12-22-13-23(5)21(19)18-9-7-6-8-15(18)2/h6-13H,1-5H3/q+1/i3D3,4D3. The Hall–Kier alpha value is -2.48. The molecule has 0 atom stereocenters. The Morgan fingerprint density at radius 2 is 1.65 bits per heavy atom. The van der Waals surface area contributed by atoms with Gasteiger partial charge in [0, 0.05) is 13.8 Å². The van der Waals surface area contributed by atoms with Gasteiger partial charge in [-0.05, 0) is 49.8 Å². The van der Waals surface area contributed by atoms with Gasteiger partial charge in [0.2, 0.25) is 0 Å². The van der Waals surface area contributed by atoms with E-state index >= 15 is 0 Å². The van der Waals surface area contributed by atoms with Crippen molar-refractivity contribution >= 4 is 0 Å². The van der Waals surface area contributed by atoms with Gasteiger partial charge in [0.1, 0.15) is 5.69 Å². The predicted octanol–water partition coefficient (Wildman–Crippen LogP) is 4.47. The van der Waals surface area contributed by atoms with Gasteiger partial charge in [-0.2, -0.15) is 0 Å². The molecule has 0 bridgehead atoms. The molecule has 2 aromatic carbocycles. The molecular weight excluding hydrogens is 280 g/mol. The summed E-state index contributed by atoms with van der Waals surface area (Å²) in [6, 6.07) is 10.8. The van der Waals surface area contributed by atoms with Crippen LogP contribution in [0.25, 0.3) is 22.4 Å². The van der Waals surface area contributed by atoms with Gasteiger partial charge in [0.25, 0.3) is 6.33 Å². The van der Waals surface area contributed by atoms with E-state index in [1.54, 1.807) is 36.1 Å². The molecular formula is C21H23N2+. The molecule has 0 amide bonds. The van der Waals surface area contributed by atoms with Crippen LogP contribution in [0.1, 0.15) is 30.5 Å². The molecule has 2 heteroatoms. The molecule has 1 aromatic heterocycles. The molecule has 0 spiro atoms. The lowest BCUT2D eigenvalue weighted by Crippen LogP contribution is -2.32. The third-order valence-electron chi connectivity index (χ3n) is 4.00. The number of rotatable bonds is 2. The SMILES string of the molecule is [2H]C([2H])([2H])c1cc(C)cc(C([2H])([2H])[2H])c1-c1cnc[n+](C)c1-c1ccccc1C. The molecule has 1 heterocycles. The smallest absolute Gasteiger partial charge is 0.232 e. The number of benzene rings is 2. The quantitative estimate of drug-likeness (QED) is 0.638. The molecule has 116 valence electrons. The van der Waals surface area contributed by atoms with Gasteiger partial charge in [0.05, 0.1) is 12.6 Å². The Kier molecular flexibility index (Phi) is 2.49. The van der Waals surface area contributed by atoms with Crippen LogP contribution in [0.3, 0.4) is 0 Å². The second kappa shape index (κ2) is 5.96. The van der Waals surface area contributed by atoms with Crippen LogP contribution in [-0.2, 0) is 7.05 Å². The maximum absolute atomic E-state index is 8.05. The van der Waals surface area contributed by atoms with Crippen molar-refractivity contribution in [3.8, 4) is 22.4 Å². The molecule has 0 saturated heterocycles. The zero-order chi connectivity index (χ0) is 21.6. The maximum Gasteiger partial charge on any atom is 0.286 e. The van der Waals surface area contributed by atoms with Gasteiger partial charge in [-0.3, -0.25) is 0 Å². The third kappa shape index (κ3) is 2.77. The Bertz CT molecular complexity index is 1030. The minimum Gasteiger partial charge on any atom is -0.232 e. The summed E-state index contributed by atoms with van der Waals surface area (Å²) in [4.78, 5) is 4.24. The molecule has 2 nitrogen and oxygen atoms in total. The van der Waals surface area contributed by atoms with Crippen molar-refractivity contribution in [1.82, 2.24) is 4.98 Å². The van der Waals surface area contributed by atoms with Crippen LogP contribution < -0.4 is 4.57 Å². The number of aromatic nitrogens is 2. The average molecular weight is 309 g/mol. The molecule has 3 rings (SSSR count). The lowest BCUT2D eigenvalue weighted by molar-refractivity contribution is -0.663. The Morgan fingerprint density at radius 3 is 2.30 bits per heavy atom. The lowest BCUT2D eigenvalue weighted by atomic mass is 9.91. The van der Waals surface area contributed by atoms with Gasteiger partial charge in [0.15, 0.2) is 6.20 Å². The van der Waals surface area contributed by atoms with E-state index in [0.717, 1.165) is 16.8 Å². The van der Waals surface area contributed by atoms with E-state index in [0.29, 0.717) is 11.1 Å². The first-order chi connectivity index (χ1) is 13.4. The highest BCUT2D eigenvalue weighted by molar-refractivity contribution is 5.83. The fraction of sp³-hybridized carbons (Fsp3) is 0.238. The van der Waals surface area contributed by atoms with E-state index in [1.807, 2.05) is 38.2 Å². The van der Waals surface area contributed by atoms with Gasteiger partial charge in [-0.15, -0.1) is 0 Å². The monoisotopic (exact) mass is 309 g/mol. The van der Waals surface area contributed by atoms with Gasteiger partial charge in [-0.1, -0.05) is 46.9 Å². The van der Waals surface area contributed by atoms with Crippen LogP contribution in [-0.4, -0.2) is 4.98 Å². The zero-order valence-corrected chi connectivity index (χ0v) is 13.5. The first-order valence-corrected chi connectivity index (χ1v) is 7.47. The molecule has 0 fully saturated rings. The van der Waals surface area contributed by atoms with E-state index in [-0.39, 0.29) is 16.7 Å². The van der Waals surface area contributed by atoms with Crippen molar-refractivity contribution in [2.45, 2.75) is 27.6 Å². The van der Waals surface area contributed by atoms with Crippen molar-refractivity contribution in [1.29, 1.82) is 0 Å². The summed E-state index contributed by atoms with van der Waals surface area (Å²) in [6.07, 6.45) is 3.18. The van der Waals surface area contributed by atoms with Crippen LogP contribution in [0, 0.1) is 27.6 Å². The zero-order valence-electron chi connectivity index (χ0n) is 19.5. The van der Waals surface area contributed by atoms with E-state index in [2.05, 4.69) is 4.98 Å². The Labute approximate surface area is 146 Å². The van der Waals surface area contributed by atoms with Crippen LogP contribution in [0.15, 0.2) is 48.9 Å². The molecule has 23 heavy (non-hydrogen) atoms. The Balaban J connectivity index is 2.51. The predicted molar refractivity (Wildman–Crippen MR) is 95.2 cm³/mol. The summed E-state index contributed by atoms with van der Waals surface area (Å²) in [5.74, 6) is 0. The summed E-state index contributed by atoms with van der Waals surface area (Å²) in [7, 11) is 1.82. The van der Waals surface area contributed by atoms with Gasteiger partial charge in [-0.25, -0.2) is 4.57 Å². The first-order valence-electron chi connectivity index (χ1n) is 10.5. The number of aryl methyl sites for hydroxylation is 5. The summed E-state index contributed by atoms with van der Waals surface area (Å²) >= 11 is 0. The third-order valence-corrected chi connectivity index (χ3v) is 4.00. The van der Waals surface area contributed by atoms with Crippen LogP contribution in [0.4, 0.5) is 0 Å². The maximum atomic E-state index is 8.05. The second-order valence-electron chi connectivity index (χ2n) is 5.82. The van der Waals surface area contributed by atoms with Gasteiger partial charge < -0.3 is 0 Å². The number of nitrogens with zero attached hydrogens (tertiary/aromatic N) is 2. The summed E-state index contributed by atoms with van der Waals surface area (Å²) in [6.45, 7) is -1.28. The molecule has 0 unspecified atom stereocenters. The highest BCUT2D eigenvalue weighted by atomic mass is 15.0. The topological polar surface area (TPSA) is 16.8 Å². The van der Waals surface area contributed by atoms with Crippen molar-refractivity contribution in [3.05, 3.63) is 71.2 Å². The normalized spacial score (nSPS) is 15.8. The van der Waals surface area contributed by atoms with E-state index in [4.69, 9.17) is 8.22 Å². The fourth-order valence-corrected chi connectivity index (χ4v) is 2.95. The summed E-state index contributed by atoms with van der Waals surface area (Å²) in [5.41, 5.74) is 3.93. The molecule has 0 N–H and O–H groups in total. The average Bonchev–Trinajstić information content (AvgIpc) is 2.60. The first kappa shape index (κ1) is 9.61. The van der Waals surface area contributed by atoms with E-state index in [9.17, 15) is 0 Å². The Morgan fingerprint density at radius 1 is 0.957 bits per heavy atom. The molecule has 0 aliphatic carbocycles. The highest BCUT2D eigenvalue weighted by Crippen LogP contribution is 2.34. The molecule has 0 aliphatic heterocycles. The van der Waals surface area contributed by atoms with E-state index < -0.39 is 13.7 Å². The van der Waals surface area contributed by atoms with Crippen LogP contribution >= 0.6 is 0 Å². The van der Waals surface area contributed by atoms with Crippen molar-refractivity contribution in [2.24, 2.45) is 7.05 Å². The van der Waals surface area contributed by atoms with Crippen LogP contribution in [0.5, 0.6) is 0 Å². The minimum atomic E-state index is -2.47. The molecule has 0 saturated carbocycles. The number of hydrogen-bond acceptors (Lipinski definition) is 1. The largest absolute Gasteiger partial charge is 0.286 e. The molecule has 3 aromatic rings. The van der Waals surface area contributed by atoms with Crippen LogP contribution in [0.2, 0.25) is 0 Å². The molecule has 0 radical (unpaired) electrons. The summed E-state index contributed by atoms with van der Waals surface area (Å²) < 4.78 is 50.1. The second-order valence-corrected chi connectivity index (χ2v) is 5.82. The van der Waals surface area contributed by atoms with Crippen molar-refractivity contribution in [2.75, 3.05) is 0 Å². The van der Waals surface area contributed by atoms with E-state index in [1.165, 1.54) is 0 Å². The number of hydrogen-bond donors (Lipinski definition) is 0. The van der Waals surface area contributed by atoms with Gasteiger partial charge >= 0.3 is 0 Å². The summed E-state index contributed by atoms with van der Waals surface area (Å²) in [5, 5.41) is 0. The highest BCUT2D eigenvalue weighted by Gasteiger charge is 2.20. The minimum absolute atomic E-state index is 0.0199. The molecule has 0 aliphatic rings. The van der Waals surface area contributed by atoms with Crippen molar-refractivity contribution < 1.29 is 12.8 Å².